The molecule has 2 aliphatic heterocycles. The molecule has 0 radical (unpaired) electrons. The second-order valence-corrected chi connectivity index (χ2v) is 9.82. The minimum Gasteiger partial charge on any atom is -0.490 e. The number of ether oxygens (including phenoxy) is 4. The van der Waals surface area contributed by atoms with Crippen LogP contribution in [0.15, 0.2) is 97.1 Å². The van der Waals surface area contributed by atoms with Gasteiger partial charge in [-0.05, 0) is 35.4 Å². The number of hydrogen-bond donors (Lipinski definition) is 1. The van der Waals surface area contributed by atoms with Crippen molar-refractivity contribution in [2.45, 2.75) is 31.2 Å². The molecule has 0 saturated heterocycles. The maximum Gasteiger partial charge on any atom is 0.174 e. The number of aliphatic hydroxyl groups excluding tert-OH is 1. The number of carbonyl (C=O) groups is 2. The van der Waals surface area contributed by atoms with E-state index in [0.717, 1.165) is 11.1 Å². The fourth-order valence-corrected chi connectivity index (χ4v) is 5.07. The highest BCUT2D eigenvalue weighted by molar-refractivity contribution is 6.03. The zero-order valence-electron chi connectivity index (χ0n) is 21.7. The van der Waals surface area contributed by atoms with Crippen LogP contribution in [0.25, 0.3) is 0 Å². The standard InChI is InChI=1S/C33H28O7/c34-23(19-37-26-13-7-15-28-32(26)24(35)17-30(39-28)21-9-3-1-4-10-21)20-38-27-14-8-16-29-33(27)25(36)18-31(40-29)22-11-5-2-6-12-22/h1-16,23,30-31,34H,17-20H2. The predicted octanol–water partition coefficient (Wildman–Crippen LogP) is 5.92. The van der Waals surface area contributed by atoms with Crippen molar-refractivity contribution in [1.82, 2.24) is 0 Å². The molecule has 0 bridgehead atoms. The van der Waals surface area contributed by atoms with Crippen molar-refractivity contribution >= 4 is 11.6 Å². The van der Waals surface area contributed by atoms with Gasteiger partial charge in [-0.15, -0.1) is 0 Å². The molecule has 6 rings (SSSR count). The van der Waals surface area contributed by atoms with E-state index in [4.69, 9.17) is 18.9 Å². The van der Waals surface area contributed by atoms with Crippen molar-refractivity contribution in [3.8, 4) is 23.0 Å². The molecule has 7 nitrogen and oxygen atoms in total. The summed E-state index contributed by atoms with van der Waals surface area (Å²) in [5.74, 6) is 1.44. The molecule has 202 valence electrons. The lowest BCUT2D eigenvalue weighted by atomic mass is 9.95. The van der Waals surface area contributed by atoms with Gasteiger partial charge < -0.3 is 24.1 Å². The summed E-state index contributed by atoms with van der Waals surface area (Å²) in [5, 5.41) is 10.6. The molecule has 4 aromatic rings. The number of fused-ring (bicyclic) bond motifs is 2. The zero-order valence-corrected chi connectivity index (χ0v) is 21.7. The van der Waals surface area contributed by atoms with Crippen molar-refractivity contribution < 1.29 is 33.6 Å². The molecule has 1 N–H and O–H groups in total. The molecular weight excluding hydrogens is 508 g/mol. The molecule has 0 amide bonds. The second-order valence-electron chi connectivity index (χ2n) is 9.82. The number of hydrogen-bond acceptors (Lipinski definition) is 7. The van der Waals surface area contributed by atoms with Gasteiger partial charge in [-0.2, -0.15) is 0 Å². The topological polar surface area (TPSA) is 91.3 Å². The normalized spacial score (nSPS) is 18.5. The molecule has 0 saturated carbocycles. The van der Waals surface area contributed by atoms with E-state index in [9.17, 15) is 14.7 Å². The highest BCUT2D eigenvalue weighted by atomic mass is 16.5. The Morgan fingerprint density at radius 3 is 1.48 bits per heavy atom. The lowest BCUT2D eigenvalue weighted by Gasteiger charge is -2.27. The first-order chi connectivity index (χ1) is 19.6. The van der Waals surface area contributed by atoms with E-state index in [2.05, 4.69) is 0 Å². The monoisotopic (exact) mass is 536 g/mol. The lowest BCUT2D eigenvalue weighted by molar-refractivity contribution is 0.0592. The first kappa shape index (κ1) is 25.6. The van der Waals surface area contributed by atoms with Gasteiger partial charge in [0.15, 0.2) is 11.6 Å². The molecule has 0 spiro atoms. The van der Waals surface area contributed by atoms with Crippen molar-refractivity contribution in [3.63, 3.8) is 0 Å². The van der Waals surface area contributed by atoms with E-state index >= 15 is 0 Å². The van der Waals surface area contributed by atoms with Crippen LogP contribution in [-0.4, -0.2) is 36.0 Å². The SMILES string of the molecule is O=C1CC(c2ccccc2)Oc2cccc(OCC(O)COc3cccc4c3C(=O)CC(c3ccccc3)O4)c21. The summed E-state index contributed by atoms with van der Waals surface area (Å²) < 4.78 is 23.9. The van der Waals surface area contributed by atoms with Gasteiger partial charge in [0.2, 0.25) is 0 Å². The number of ketones is 2. The van der Waals surface area contributed by atoms with Crippen molar-refractivity contribution in [1.29, 1.82) is 0 Å². The van der Waals surface area contributed by atoms with Crippen LogP contribution >= 0.6 is 0 Å². The number of benzene rings is 4. The van der Waals surface area contributed by atoms with Gasteiger partial charge in [0, 0.05) is 0 Å². The van der Waals surface area contributed by atoms with Crippen LogP contribution in [0.2, 0.25) is 0 Å². The Hall–Kier alpha value is -4.62. The second kappa shape index (κ2) is 11.2. The summed E-state index contributed by atoms with van der Waals surface area (Å²) in [6, 6.07) is 29.6. The summed E-state index contributed by atoms with van der Waals surface area (Å²) in [6.07, 6.45) is -1.34. The number of carbonyl (C=O) groups excluding carboxylic acids is 2. The Morgan fingerprint density at radius 1 is 0.625 bits per heavy atom. The summed E-state index contributed by atoms with van der Waals surface area (Å²) in [4.78, 5) is 26.1. The van der Waals surface area contributed by atoms with Crippen LogP contribution in [-0.2, 0) is 0 Å². The Bertz CT molecular complexity index is 1400. The molecule has 7 heteroatoms. The fraction of sp³-hybridized carbons (Fsp3) is 0.212. The van der Waals surface area contributed by atoms with Gasteiger partial charge in [0.1, 0.15) is 65.7 Å². The molecule has 0 aliphatic carbocycles. The van der Waals surface area contributed by atoms with Gasteiger partial charge in [-0.3, -0.25) is 9.59 Å². The Morgan fingerprint density at radius 2 is 1.05 bits per heavy atom. The quantitative estimate of drug-likeness (QED) is 0.299. The van der Waals surface area contributed by atoms with Gasteiger partial charge >= 0.3 is 0 Å². The minimum absolute atomic E-state index is 0.0836. The van der Waals surface area contributed by atoms with E-state index in [1.54, 1.807) is 36.4 Å². The third-order valence-corrected chi connectivity index (χ3v) is 7.02. The van der Waals surface area contributed by atoms with Crippen LogP contribution in [0.5, 0.6) is 23.0 Å². The maximum atomic E-state index is 13.0. The molecule has 2 heterocycles. The van der Waals surface area contributed by atoms with E-state index in [1.807, 2.05) is 60.7 Å². The van der Waals surface area contributed by atoms with E-state index in [-0.39, 0.29) is 49.8 Å². The Balaban J connectivity index is 1.09. The van der Waals surface area contributed by atoms with Crippen LogP contribution in [0.4, 0.5) is 0 Å². The molecule has 2 aliphatic rings. The smallest absolute Gasteiger partial charge is 0.174 e. The zero-order chi connectivity index (χ0) is 27.5. The third kappa shape index (κ3) is 5.28. The maximum absolute atomic E-state index is 13.0. The number of rotatable bonds is 8. The highest BCUT2D eigenvalue weighted by Crippen LogP contribution is 2.41. The molecule has 0 fully saturated rings. The largest absolute Gasteiger partial charge is 0.490 e. The summed E-state index contributed by atoms with van der Waals surface area (Å²) in [5.41, 5.74) is 2.61. The average Bonchev–Trinajstić information content (AvgIpc) is 2.99. The molecule has 2 unspecified atom stereocenters. The van der Waals surface area contributed by atoms with Crippen LogP contribution in [0.3, 0.4) is 0 Å². The first-order valence-corrected chi connectivity index (χ1v) is 13.3. The van der Waals surface area contributed by atoms with Crippen molar-refractivity contribution in [2.75, 3.05) is 13.2 Å². The molecular formula is C33H28O7. The van der Waals surface area contributed by atoms with Crippen LogP contribution in [0, 0.1) is 0 Å². The summed E-state index contributed by atoms with van der Waals surface area (Å²) >= 11 is 0. The highest BCUT2D eigenvalue weighted by Gasteiger charge is 2.32. The molecule has 40 heavy (non-hydrogen) atoms. The van der Waals surface area contributed by atoms with Gasteiger partial charge in [0.25, 0.3) is 0 Å². The fourth-order valence-electron chi connectivity index (χ4n) is 5.07. The minimum atomic E-state index is -1.01. The van der Waals surface area contributed by atoms with Gasteiger partial charge in [-0.25, -0.2) is 0 Å². The molecule has 2 atom stereocenters. The number of Topliss-reactive ketones (excluding diaryl/α,β-unsaturated/α-hetero) is 2. The van der Waals surface area contributed by atoms with E-state index < -0.39 is 6.10 Å². The van der Waals surface area contributed by atoms with Crippen LogP contribution < -0.4 is 18.9 Å². The van der Waals surface area contributed by atoms with Crippen molar-refractivity contribution in [3.05, 3.63) is 119 Å². The molecule has 0 aromatic heterocycles. The van der Waals surface area contributed by atoms with Gasteiger partial charge in [-0.1, -0.05) is 72.8 Å². The van der Waals surface area contributed by atoms with E-state index in [1.165, 1.54) is 0 Å². The van der Waals surface area contributed by atoms with Gasteiger partial charge in [0.05, 0.1) is 12.8 Å². The Kier molecular flexibility index (Phi) is 7.21. The van der Waals surface area contributed by atoms with Crippen molar-refractivity contribution in [2.24, 2.45) is 0 Å². The third-order valence-electron chi connectivity index (χ3n) is 7.02. The lowest BCUT2D eigenvalue weighted by Crippen LogP contribution is -2.27. The average molecular weight is 537 g/mol. The summed E-state index contributed by atoms with van der Waals surface area (Å²) in [7, 11) is 0. The van der Waals surface area contributed by atoms with Crippen LogP contribution in [0.1, 0.15) is 56.9 Å². The number of aliphatic hydroxyl groups is 1. The van der Waals surface area contributed by atoms with E-state index in [0.29, 0.717) is 34.1 Å². The predicted molar refractivity (Wildman–Crippen MR) is 147 cm³/mol. The summed E-state index contributed by atoms with van der Waals surface area (Å²) in [6.45, 7) is -0.219. The Labute approximate surface area is 231 Å². The first-order valence-electron chi connectivity index (χ1n) is 13.3. The molecule has 4 aromatic carbocycles.